The third-order valence-corrected chi connectivity index (χ3v) is 7.66. The van der Waals surface area contributed by atoms with Gasteiger partial charge in [-0.3, -0.25) is 4.79 Å². The Bertz CT molecular complexity index is 1360. The number of aliphatic hydroxyl groups excluding tert-OH is 2. The fraction of sp³-hybridized carbons (Fsp3) is 0.467. The van der Waals surface area contributed by atoms with Gasteiger partial charge in [0.2, 0.25) is 0 Å². The van der Waals surface area contributed by atoms with Gasteiger partial charge in [0, 0.05) is 50.5 Å². The predicted molar refractivity (Wildman–Crippen MR) is 148 cm³/mol. The summed E-state index contributed by atoms with van der Waals surface area (Å²) in [7, 11) is 0. The van der Waals surface area contributed by atoms with Gasteiger partial charge in [-0.2, -0.15) is 0 Å². The molecule has 0 saturated carbocycles. The highest BCUT2D eigenvalue weighted by Crippen LogP contribution is 2.43. The van der Waals surface area contributed by atoms with Crippen molar-refractivity contribution < 1.29 is 33.3 Å². The van der Waals surface area contributed by atoms with Gasteiger partial charge in [0.05, 0.1) is 11.7 Å². The molecule has 0 bridgehead atoms. The van der Waals surface area contributed by atoms with Crippen molar-refractivity contribution >= 4 is 5.91 Å². The van der Waals surface area contributed by atoms with Crippen molar-refractivity contribution in [1.82, 2.24) is 19.8 Å². The van der Waals surface area contributed by atoms with E-state index in [9.17, 15) is 33.3 Å². The molecule has 0 radical (unpaired) electrons. The average molecular weight is 575 g/mol. The monoisotopic (exact) mass is 574 g/mol. The number of aromatic hydroxyl groups is 1. The van der Waals surface area contributed by atoms with E-state index in [1.807, 2.05) is 13.8 Å². The first-order valence-corrected chi connectivity index (χ1v) is 13.7. The standard InChI is InChI=1S/C30H37F3N4O4/c1-18(39)29(41)37(16-20-13-34-14-25(20)33)27(30(2,3)9-10-38)28-35-26(23-12-21(31)7-8-24(23)32)17-36(28)15-19-5-4-6-22(40)11-19/h4-8,11-12,17-18,20,25,27,34,38-40H,9-10,13-16H2,1-3H3. The summed E-state index contributed by atoms with van der Waals surface area (Å²) in [6.45, 7) is 5.33. The summed E-state index contributed by atoms with van der Waals surface area (Å²) >= 11 is 0. The summed E-state index contributed by atoms with van der Waals surface area (Å²) in [4.78, 5) is 19.7. The second kappa shape index (κ2) is 12.6. The Kier molecular flexibility index (Phi) is 9.41. The van der Waals surface area contributed by atoms with Crippen molar-refractivity contribution in [1.29, 1.82) is 0 Å². The van der Waals surface area contributed by atoms with Crippen LogP contribution >= 0.6 is 0 Å². The van der Waals surface area contributed by atoms with E-state index in [0.717, 1.165) is 18.2 Å². The quantitative estimate of drug-likeness (QED) is 0.277. The smallest absolute Gasteiger partial charge is 0.251 e. The van der Waals surface area contributed by atoms with Crippen molar-refractivity contribution in [3.63, 3.8) is 0 Å². The number of halogens is 3. The molecule has 1 aromatic heterocycles. The molecule has 4 unspecified atom stereocenters. The van der Waals surface area contributed by atoms with E-state index >= 15 is 0 Å². The molecule has 41 heavy (non-hydrogen) atoms. The van der Waals surface area contributed by atoms with Gasteiger partial charge in [0.15, 0.2) is 0 Å². The number of benzene rings is 2. The number of hydrogen-bond acceptors (Lipinski definition) is 6. The maximum Gasteiger partial charge on any atom is 0.251 e. The molecule has 1 fully saturated rings. The van der Waals surface area contributed by atoms with Crippen LogP contribution in [0.15, 0.2) is 48.7 Å². The highest BCUT2D eigenvalue weighted by molar-refractivity contribution is 5.80. The van der Waals surface area contributed by atoms with Gasteiger partial charge < -0.3 is 30.1 Å². The highest BCUT2D eigenvalue weighted by atomic mass is 19.1. The number of aliphatic hydroxyl groups is 2. The molecule has 1 amide bonds. The van der Waals surface area contributed by atoms with Crippen LogP contribution in [0.25, 0.3) is 11.3 Å². The number of imidazole rings is 1. The van der Waals surface area contributed by atoms with Crippen LogP contribution in [0.1, 0.15) is 44.6 Å². The first kappa shape index (κ1) is 30.5. The van der Waals surface area contributed by atoms with Crippen molar-refractivity contribution in [2.75, 3.05) is 26.2 Å². The third-order valence-electron chi connectivity index (χ3n) is 7.66. The Balaban J connectivity index is 1.93. The molecular formula is C30H37F3N4O4. The number of alkyl halides is 1. The molecule has 11 heteroatoms. The van der Waals surface area contributed by atoms with Gasteiger partial charge in [-0.15, -0.1) is 0 Å². The van der Waals surface area contributed by atoms with Gasteiger partial charge in [-0.25, -0.2) is 18.2 Å². The van der Waals surface area contributed by atoms with E-state index in [0.29, 0.717) is 12.1 Å². The largest absolute Gasteiger partial charge is 0.508 e. The number of aromatic nitrogens is 2. The summed E-state index contributed by atoms with van der Waals surface area (Å²) in [5.41, 5.74) is -0.170. The Labute approximate surface area is 237 Å². The highest BCUT2D eigenvalue weighted by Gasteiger charge is 2.44. The molecule has 1 saturated heterocycles. The summed E-state index contributed by atoms with van der Waals surface area (Å²) < 4.78 is 45.6. The predicted octanol–water partition coefficient (Wildman–Crippen LogP) is 3.80. The molecule has 2 heterocycles. The Morgan fingerprint density at radius 1 is 1.22 bits per heavy atom. The van der Waals surface area contributed by atoms with Gasteiger partial charge >= 0.3 is 0 Å². The van der Waals surface area contributed by atoms with Gasteiger partial charge in [0.1, 0.15) is 35.5 Å². The van der Waals surface area contributed by atoms with Crippen LogP contribution in [-0.2, 0) is 11.3 Å². The molecule has 4 N–H and O–H groups in total. The molecule has 4 rings (SSSR count). The SMILES string of the molecule is CC(O)C(=O)N(CC1CNCC1F)C(c1nc(-c2cc(F)ccc2F)cn1Cc1cccc(O)c1)C(C)(C)CCO. The summed E-state index contributed by atoms with van der Waals surface area (Å²) in [6.07, 6.45) is -0.875. The second-order valence-corrected chi connectivity index (χ2v) is 11.4. The number of amides is 1. The topological polar surface area (TPSA) is 111 Å². The number of carbonyl (C=O) groups excluding carboxylic acids is 1. The van der Waals surface area contributed by atoms with E-state index in [1.54, 1.807) is 29.0 Å². The molecule has 4 atom stereocenters. The fourth-order valence-corrected chi connectivity index (χ4v) is 5.48. The maximum absolute atomic E-state index is 14.9. The molecule has 0 spiro atoms. The molecule has 1 aliphatic rings. The molecule has 1 aliphatic heterocycles. The van der Waals surface area contributed by atoms with Crippen LogP contribution < -0.4 is 5.32 Å². The van der Waals surface area contributed by atoms with Crippen LogP contribution in [0.5, 0.6) is 5.75 Å². The van der Waals surface area contributed by atoms with Crippen LogP contribution in [-0.4, -0.2) is 74.2 Å². The lowest BCUT2D eigenvalue weighted by molar-refractivity contribution is -0.146. The molecule has 222 valence electrons. The minimum Gasteiger partial charge on any atom is -0.508 e. The van der Waals surface area contributed by atoms with Crippen LogP contribution in [0.2, 0.25) is 0 Å². The number of nitrogens with one attached hydrogen (secondary N) is 1. The first-order chi connectivity index (χ1) is 19.4. The van der Waals surface area contributed by atoms with Crippen LogP contribution in [0.3, 0.4) is 0 Å². The van der Waals surface area contributed by atoms with E-state index in [1.165, 1.54) is 17.9 Å². The fourth-order valence-electron chi connectivity index (χ4n) is 5.48. The summed E-state index contributed by atoms with van der Waals surface area (Å²) in [6, 6.07) is 8.64. The van der Waals surface area contributed by atoms with Gasteiger partial charge in [-0.05, 0) is 54.7 Å². The number of hydrogen-bond donors (Lipinski definition) is 4. The average Bonchev–Trinajstić information content (AvgIpc) is 3.50. The third kappa shape index (κ3) is 6.91. The lowest BCUT2D eigenvalue weighted by Crippen LogP contribution is -2.50. The number of rotatable bonds is 11. The zero-order valence-corrected chi connectivity index (χ0v) is 23.4. The first-order valence-electron chi connectivity index (χ1n) is 13.7. The second-order valence-electron chi connectivity index (χ2n) is 11.4. The zero-order valence-electron chi connectivity index (χ0n) is 23.4. The van der Waals surface area contributed by atoms with E-state index in [2.05, 4.69) is 5.32 Å². The van der Waals surface area contributed by atoms with Crippen LogP contribution in [0.4, 0.5) is 13.2 Å². The van der Waals surface area contributed by atoms with Crippen molar-refractivity contribution in [2.24, 2.45) is 11.3 Å². The molecule has 2 aromatic carbocycles. The van der Waals surface area contributed by atoms with Crippen molar-refractivity contribution in [3.8, 4) is 17.0 Å². The van der Waals surface area contributed by atoms with Gasteiger partial charge in [0.25, 0.3) is 5.91 Å². The lowest BCUT2D eigenvalue weighted by atomic mass is 9.79. The lowest BCUT2D eigenvalue weighted by Gasteiger charge is -2.43. The summed E-state index contributed by atoms with van der Waals surface area (Å²) in [5.74, 6) is -2.24. The van der Waals surface area contributed by atoms with Crippen molar-refractivity contribution in [2.45, 2.75) is 52.1 Å². The van der Waals surface area contributed by atoms with Crippen molar-refractivity contribution in [3.05, 3.63) is 71.7 Å². The maximum atomic E-state index is 14.9. The number of nitrogens with zero attached hydrogens (tertiary/aromatic N) is 3. The molecular weight excluding hydrogens is 537 g/mol. The van der Waals surface area contributed by atoms with E-state index in [-0.39, 0.29) is 55.5 Å². The van der Waals surface area contributed by atoms with Gasteiger partial charge in [-0.1, -0.05) is 26.0 Å². The van der Waals surface area contributed by atoms with Crippen LogP contribution in [0, 0.1) is 23.0 Å². The Morgan fingerprint density at radius 3 is 2.61 bits per heavy atom. The van der Waals surface area contributed by atoms with E-state index < -0.39 is 47.2 Å². The Hall–Kier alpha value is -3.41. The molecule has 3 aromatic rings. The zero-order chi connectivity index (χ0) is 29.9. The minimum absolute atomic E-state index is 0.0337. The number of phenols is 1. The molecule has 0 aliphatic carbocycles. The number of phenolic OH excluding ortho intramolecular Hbond substituents is 1. The molecule has 8 nitrogen and oxygen atoms in total. The Morgan fingerprint density at radius 2 is 1.98 bits per heavy atom. The summed E-state index contributed by atoms with van der Waals surface area (Å²) in [5, 5.41) is 33.4. The number of carbonyl (C=O) groups is 1. The normalized spacial score (nSPS) is 18.8. The minimum atomic E-state index is -1.41. The van der Waals surface area contributed by atoms with E-state index in [4.69, 9.17) is 4.98 Å².